The van der Waals surface area contributed by atoms with Crippen LogP contribution in [0.5, 0.6) is 0 Å². The van der Waals surface area contributed by atoms with Crippen LogP contribution in [0.1, 0.15) is 33.4 Å². The van der Waals surface area contributed by atoms with Gasteiger partial charge in [0.2, 0.25) is 0 Å². The summed E-state index contributed by atoms with van der Waals surface area (Å²) < 4.78 is 0. The van der Waals surface area contributed by atoms with Crippen molar-refractivity contribution in [2.75, 3.05) is 0 Å². The summed E-state index contributed by atoms with van der Waals surface area (Å²) in [6.45, 7) is 0. The van der Waals surface area contributed by atoms with E-state index in [4.69, 9.17) is 12.8 Å². The van der Waals surface area contributed by atoms with Crippen LogP contribution < -0.4 is 0 Å². The Morgan fingerprint density at radius 2 is 1.10 bits per heavy atom. The topological polar surface area (TPSA) is 0 Å². The van der Waals surface area contributed by atoms with Crippen molar-refractivity contribution in [2.24, 2.45) is 0 Å². The smallest absolute Gasteiger partial charge is 0.0277 e. The molecule has 0 N–H and O–H groups in total. The van der Waals surface area contributed by atoms with Gasteiger partial charge in [0.15, 0.2) is 0 Å². The van der Waals surface area contributed by atoms with Crippen molar-refractivity contribution in [2.45, 2.75) is 25.7 Å². The molecule has 4 aliphatic carbocycles. The molecule has 0 aromatic heterocycles. The van der Waals surface area contributed by atoms with Crippen molar-refractivity contribution in [3.8, 4) is 24.7 Å². The summed E-state index contributed by atoms with van der Waals surface area (Å²) >= 11 is 0. The molecule has 4 aliphatic rings. The first-order valence-corrected chi connectivity index (χ1v) is 6.97. The van der Waals surface area contributed by atoms with Crippen LogP contribution in [-0.4, -0.2) is 0 Å². The molecule has 96 valence electrons. The fraction of sp³-hybridized carbons (Fsp3) is 0.200. The number of hydrogen-bond donors (Lipinski definition) is 0. The lowest BCUT2D eigenvalue weighted by atomic mass is 9.91. The summed E-state index contributed by atoms with van der Waals surface area (Å²) in [5.41, 5.74) is 7.15. The number of rotatable bonds is 0. The highest BCUT2D eigenvalue weighted by molar-refractivity contribution is 5.46. The molecule has 0 spiro atoms. The Bertz CT molecular complexity index is 670. The number of benzene rings is 2. The first-order valence-electron chi connectivity index (χ1n) is 6.97. The lowest BCUT2D eigenvalue weighted by Crippen LogP contribution is -2.02. The fourth-order valence-electron chi connectivity index (χ4n) is 2.82. The van der Waals surface area contributed by atoms with Gasteiger partial charge < -0.3 is 0 Å². The van der Waals surface area contributed by atoms with Gasteiger partial charge in [0, 0.05) is 11.1 Å². The SMILES string of the molecule is C#Cc1cc2ccc1CCc1ccc(c(C#C)c1)CC2. The summed E-state index contributed by atoms with van der Waals surface area (Å²) in [4.78, 5) is 0. The normalized spacial score (nSPS) is 13.1. The molecule has 0 heteroatoms. The van der Waals surface area contributed by atoms with E-state index in [1.807, 2.05) is 0 Å². The highest BCUT2D eigenvalue weighted by Gasteiger charge is 2.08. The molecule has 2 aromatic rings. The molecular formula is C20H16. The maximum absolute atomic E-state index is 5.64. The van der Waals surface area contributed by atoms with Crippen molar-refractivity contribution >= 4 is 0 Å². The van der Waals surface area contributed by atoms with Crippen molar-refractivity contribution in [1.82, 2.24) is 0 Å². The van der Waals surface area contributed by atoms with E-state index in [-0.39, 0.29) is 0 Å². The average Bonchev–Trinajstić information content (AvgIpc) is 2.49. The molecule has 0 heterocycles. The summed E-state index contributed by atoms with van der Waals surface area (Å²) in [5, 5.41) is 0. The van der Waals surface area contributed by atoms with Gasteiger partial charge in [-0.2, -0.15) is 0 Å². The van der Waals surface area contributed by atoms with Crippen molar-refractivity contribution in [1.29, 1.82) is 0 Å². The Kier molecular flexibility index (Phi) is 3.32. The molecule has 0 unspecified atom stereocenters. The maximum atomic E-state index is 5.64. The molecular weight excluding hydrogens is 240 g/mol. The van der Waals surface area contributed by atoms with E-state index < -0.39 is 0 Å². The first kappa shape index (κ1) is 12.6. The Hall–Kier alpha value is -2.44. The largest absolute Gasteiger partial charge is 0.115 e. The van der Waals surface area contributed by atoms with E-state index in [0.717, 1.165) is 36.8 Å². The number of terminal acetylenes is 2. The third kappa shape index (κ3) is 2.34. The summed E-state index contributed by atoms with van der Waals surface area (Å²) in [6, 6.07) is 13.1. The van der Waals surface area contributed by atoms with Crippen LogP contribution in [0.2, 0.25) is 0 Å². The molecule has 0 atom stereocenters. The van der Waals surface area contributed by atoms with Gasteiger partial charge >= 0.3 is 0 Å². The maximum Gasteiger partial charge on any atom is 0.0277 e. The Morgan fingerprint density at radius 3 is 1.50 bits per heavy atom. The average molecular weight is 256 g/mol. The molecule has 0 fully saturated rings. The van der Waals surface area contributed by atoms with Gasteiger partial charge in [-0.05, 0) is 60.1 Å². The van der Waals surface area contributed by atoms with Gasteiger partial charge in [0.1, 0.15) is 0 Å². The quantitative estimate of drug-likeness (QED) is 0.633. The van der Waals surface area contributed by atoms with Crippen LogP contribution in [0.15, 0.2) is 36.4 Å². The van der Waals surface area contributed by atoms with Crippen molar-refractivity contribution in [3.63, 3.8) is 0 Å². The second-order valence-corrected chi connectivity index (χ2v) is 5.27. The zero-order chi connectivity index (χ0) is 13.9. The molecule has 0 amide bonds. The van der Waals surface area contributed by atoms with Gasteiger partial charge in [-0.3, -0.25) is 0 Å². The molecule has 0 radical (unpaired) electrons. The van der Waals surface area contributed by atoms with E-state index in [0.29, 0.717) is 0 Å². The van der Waals surface area contributed by atoms with Gasteiger partial charge in [0.05, 0.1) is 0 Å². The van der Waals surface area contributed by atoms with Crippen LogP contribution in [-0.2, 0) is 25.7 Å². The van der Waals surface area contributed by atoms with E-state index in [2.05, 4.69) is 48.2 Å². The Labute approximate surface area is 120 Å². The summed E-state index contributed by atoms with van der Waals surface area (Å²) in [6.07, 6.45) is 15.2. The Balaban J connectivity index is 2.07. The van der Waals surface area contributed by atoms with Crippen molar-refractivity contribution < 1.29 is 0 Å². The van der Waals surface area contributed by atoms with Gasteiger partial charge in [-0.25, -0.2) is 0 Å². The molecule has 2 aromatic carbocycles. The second-order valence-electron chi connectivity index (χ2n) is 5.27. The highest BCUT2D eigenvalue weighted by Crippen LogP contribution is 2.20. The second kappa shape index (κ2) is 5.28. The van der Waals surface area contributed by atoms with Crippen LogP contribution >= 0.6 is 0 Å². The molecule has 0 aliphatic heterocycles. The summed E-state index contributed by atoms with van der Waals surface area (Å²) in [5.74, 6) is 5.64. The minimum Gasteiger partial charge on any atom is -0.115 e. The van der Waals surface area contributed by atoms with Crippen LogP contribution in [0.3, 0.4) is 0 Å². The zero-order valence-corrected chi connectivity index (χ0v) is 11.4. The zero-order valence-electron chi connectivity index (χ0n) is 11.4. The molecule has 20 heavy (non-hydrogen) atoms. The van der Waals surface area contributed by atoms with E-state index in [9.17, 15) is 0 Å². The predicted molar refractivity (Wildman–Crippen MR) is 83.6 cm³/mol. The third-order valence-corrected chi connectivity index (χ3v) is 4.03. The fourth-order valence-corrected chi connectivity index (χ4v) is 2.82. The standard InChI is InChI=1S/C20H16/c1-3-17-13-15-5-9-19(17)11-7-16-6-10-20(12-8-15)18(4-2)14-16/h1-2,5-6,9-10,13-14H,7-8,11-12H2. The highest BCUT2D eigenvalue weighted by atomic mass is 14.1. The minimum absolute atomic E-state index is 0.961. The molecule has 0 nitrogen and oxygen atoms in total. The monoisotopic (exact) mass is 256 g/mol. The van der Waals surface area contributed by atoms with Gasteiger partial charge in [0.25, 0.3) is 0 Å². The van der Waals surface area contributed by atoms with E-state index in [1.54, 1.807) is 0 Å². The summed E-state index contributed by atoms with van der Waals surface area (Å²) in [7, 11) is 0. The lowest BCUT2D eigenvalue weighted by Gasteiger charge is -2.13. The lowest BCUT2D eigenvalue weighted by molar-refractivity contribution is 0.916. The number of hydrogen-bond acceptors (Lipinski definition) is 0. The predicted octanol–water partition coefficient (Wildman–Crippen LogP) is 3.53. The van der Waals surface area contributed by atoms with E-state index in [1.165, 1.54) is 22.3 Å². The minimum atomic E-state index is 0.961. The van der Waals surface area contributed by atoms with Crippen molar-refractivity contribution in [3.05, 3.63) is 69.8 Å². The van der Waals surface area contributed by atoms with Crippen LogP contribution in [0, 0.1) is 24.7 Å². The first-order chi connectivity index (χ1) is 9.80. The van der Waals surface area contributed by atoms with Crippen LogP contribution in [0.25, 0.3) is 0 Å². The van der Waals surface area contributed by atoms with Crippen LogP contribution in [0.4, 0.5) is 0 Å². The van der Waals surface area contributed by atoms with Gasteiger partial charge in [-0.15, -0.1) is 12.8 Å². The molecule has 0 saturated heterocycles. The number of aryl methyl sites for hydroxylation is 4. The molecule has 6 rings (SSSR count). The van der Waals surface area contributed by atoms with E-state index >= 15 is 0 Å². The Morgan fingerprint density at radius 1 is 0.650 bits per heavy atom. The third-order valence-electron chi connectivity index (χ3n) is 4.03. The van der Waals surface area contributed by atoms with Gasteiger partial charge in [-0.1, -0.05) is 36.1 Å². The molecule has 4 bridgehead atoms. The molecule has 0 saturated carbocycles.